The predicted molar refractivity (Wildman–Crippen MR) is 101 cm³/mol. The average molecular weight is 346 g/mol. The van der Waals surface area contributed by atoms with Gasteiger partial charge in [0.2, 0.25) is 0 Å². The van der Waals surface area contributed by atoms with Crippen molar-refractivity contribution in [1.29, 1.82) is 0 Å². The molecule has 124 valence electrons. The zero-order valence-corrected chi connectivity index (χ0v) is 14.6. The van der Waals surface area contributed by atoms with Crippen LogP contribution >= 0.6 is 11.3 Å². The Bertz CT molecular complexity index is 941. The molecule has 0 saturated heterocycles. The summed E-state index contributed by atoms with van der Waals surface area (Å²) >= 11 is 1.75. The summed E-state index contributed by atoms with van der Waals surface area (Å²) in [6.45, 7) is 0.761. The molecule has 1 amide bonds. The van der Waals surface area contributed by atoms with Gasteiger partial charge in [0, 0.05) is 34.7 Å². The number of para-hydroxylation sites is 1. The summed E-state index contributed by atoms with van der Waals surface area (Å²) in [5.74, 6) is 0.767. The lowest BCUT2D eigenvalue weighted by Crippen LogP contribution is -2.28. The lowest BCUT2D eigenvalue weighted by Gasteiger charge is -2.17. The Balaban J connectivity index is 1.39. The third-order valence-electron chi connectivity index (χ3n) is 5.01. The second-order valence-corrected chi connectivity index (χ2v) is 7.65. The highest BCUT2D eigenvalue weighted by molar-refractivity contribution is 7.10. The minimum absolute atomic E-state index is 0.0773. The lowest BCUT2D eigenvalue weighted by molar-refractivity contribution is 0.0989. The average Bonchev–Trinajstić information content (AvgIpc) is 3.23. The number of carbonyl (C=O) groups excluding carboxylic acids is 1. The van der Waals surface area contributed by atoms with Crippen LogP contribution in [0, 0.1) is 0 Å². The van der Waals surface area contributed by atoms with Gasteiger partial charge in [0.1, 0.15) is 0 Å². The molecule has 2 heterocycles. The van der Waals surface area contributed by atoms with E-state index in [4.69, 9.17) is 4.98 Å². The molecule has 3 aromatic rings. The van der Waals surface area contributed by atoms with Crippen LogP contribution in [0.3, 0.4) is 0 Å². The van der Waals surface area contributed by atoms with Gasteiger partial charge in [-0.15, -0.1) is 11.3 Å². The summed E-state index contributed by atoms with van der Waals surface area (Å²) in [5.41, 5.74) is 5.14. The Morgan fingerprint density at radius 2 is 1.88 bits per heavy atom. The first-order valence-corrected chi connectivity index (χ1v) is 9.63. The monoisotopic (exact) mass is 346 g/mol. The molecule has 0 spiro atoms. The number of nitrogens with zero attached hydrogens (tertiary/aromatic N) is 2. The maximum absolute atomic E-state index is 12.9. The summed E-state index contributed by atoms with van der Waals surface area (Å²) in [6.07, 6.45) is 3.48. The molecule has 1 fully saturated rings. The van der Waals surface area contributed by atoms with Crippen molar-refractivity contribution in [2.75, 3.05) is 11.4 Å². The van der Waals surface area contributed by atoms with Crippen LogP contribution in [0.15, 0.2) is 53.9 Å². The molecular weight excluding hydrogens is 328 g/mol. The normalized spacial score (nSPS) is 16.1. The van der Waals surface area contributed by atoms with Gasteiger partial charge in [-0.3, -0.25) is 4.79 Å². The largest absolute Gasteiger partial charge is 0.308 e. The Hall–Kier alpha value is -2.46. The minimum Gasteiger partial charge on any atom is -0.308 e. The van der Waals surface area contributed by atoms with Crippen LogP contribution < -0.4 is 4.90 Å². The number of hydrogen-bond donors (Lipinski definition) is 0. The fourth-order valence-corrected chi connectivity index (χ4v) is 4.43. The van der Waals surface area contributed by atoms with Crippen LogP contribution in [0.4, 0.5) is 5.69 Å². The Morgan fingerprint density at radius 3 is 2.68 bits per heavy atom. The summed E-state index contributed by atoms with van der Waals surface area (Å²) in [5, 5.41) is 3.38. The summed E-state index contributed by atoms with van der Waals surface area (Å²) in [6, 6.07) is 16.0. The highest BCUT2D eigenvalue weighted by Gasteiger charge is 2.27. The molecule has 3 nitrogen and oxygen atoms in total. The Morgan fingerprint density at radius 1 is 1.08 bits per heavy atom. The molecule has 25 heavy (non-hydrogen) atoms. The zero-order chi connectivity index (χ0) is 16.8. The van der Waals surface area contributed by atoms with E-state index in [2.05, 4.69) is 11.4 Å². The maximum Gasteiger partial charge on any atom is 0.258 e. The number of hydrogen-bond acceptors (Lipinski definition) is 3. The van der Waals surface area contributed by atoms with Crippen molar-refractivity contribution in [3.05, 3.63) is 70.0 Å². The van der Waals surface area contributed by atoms with Crippen molar-refractivity contribution >= 4 is 22.9 Å². The fraction of sp³-hybridized carbons (Fsp3) is 0.238. The van der Waals surface area contributed by atoms with Gasteiger partial charge in [-0.05, 0) is 43.0 Å². The van der Waals surface area contributed by atoms with E-state index >= 15 is 0 Å². The highest BCUT2D eigenvalue weighted by atomic mass is 32.1. The van der Waals surface area contributed by atoms with Crippen molar-refractivity contribution in [3.63, 3.8) is 0 Å². The molecule has 1 saturated carbocycles. The van der Waals surface area contributed by atoms with E-state index in [1.807, 2.05) is 47.4 Å². The second kappa shape index (κ2) is 5.81. The van der Waals surface area contributed by atoms with Gasteiger partial charge < -0.3 is 4.90 Å². The highest BCUT2D eigenvalue weighted by Crippen LogP contribution is 2.42. The summed E-state index contributed by atoms with van der Waals surface area (Å²) in [4.78, 5) is 19.5. The van der Waals surface area contributed by atoms with E-state index in [0.717, 1.165) is 35.5 Å². The first-order valence-electron chi connectivity index (χ1n) is 8.75. The molecule has 0 bridgehead atoms. The Labute approximate surface area is 151 Å². The van der Waals surface area contributed by atoms with Crippen molar-refractivity contribution in [2.45, 2.75) is 25.2 Å². The minimum atomic E-state index is 0.0773. The van der Waals surface area contributed by atoms with Crippen LogP contribution in [-0.2, 0) is 6.42 Å². The number of amides is 1. The molecular formula is C21H18N2OS. The van der Waals surface area contributed by atoms with Crippen LogP contribution in [0.5, 0.6) is 0 Å². The van der Waals surface area contributed by atoms with Gasteiger partial charge in [0.15, 0.2) is 0 Å². The number of carbonyl (C=O) groups is 1. The van der Waals surface area contributed by atoms with Crippen LogP contribution in [0.2, 0.25) is 0 Å². The topological polar surface area (TPSA) is 33.2 Å². The van der Waals surface area contributed by atoms with E-state index in [1.165, 1.54) is 23.4 Å². The molecule has 0 radical (unpaired) electrons. The van der Waals surface area contributed by atoms with E-state index in [-0.39, 0.29) is 5.91 Å². The fourth-order valence-electron chi connectivity index (χ4n) is 3.43. The third-order valence-corrected chi connectivity index (χ3v) is 6.02. The van der Waals surface area contributed by atoms with Gasteiger partial charge in [0.25, 0.3) is 5.91 Å². The third kappa shape index (κ3) is 2.67. The number of aromatic nitrogens is 1. The lowest BCUT2D eigenvalue weighted by atomic mass is 10.1. The zero-order valence-electron chi connectivity index (χ0n) is 13.8. The molecule has 1 aliphatic heterocycles. The van der Waals surface area contributed by atoms with E-state index in [9.17, 15) is 4.79 Å². The van der Waals surface area contributed by atoms with Crippen LogP contribution in [-0.4, -0.2) is 17.4 Å². The molecule has 2 aromatic carbocycles. The standard InChI is InChI=1S/C21H18N2OS/c24-21(23-12-11-15-3-1-2-4-19(15)23)17-9-5-14(6-10-17)18-13-25-20(22-18)16-7-8-16/h1-6,9-10,13,16H,7-8,11-12H2. The van der Waals surface area contributed by atoms with Crippen LogP contribution in [0.25, 0.3) is 11.3 Å². The Kier molecular flexibility index (Phi) is 3.45. The molecule has 0 N–H and O–H groups in total. The number of fused-ring (bicyclic) bond motifs is 1. The SMILES string of the molecule is O=C(c1ccc(-c2csc(C3CC3)n2)cc1)N1CCc2ccccc21. The van der Waals surface area contributed by atoms with E-state index in [0.29, 0.717) is 5.92 Å². The summed E-state index contributed by atoms with van der Waals surface area (Å²) < 4.78 is 0. The molecule has 0 atom stereocenters. The van der Waals surface area contributed by atoms with Crippen molar-refractivity contribution in [3.8, 4) is 11.3 Å². The number of anilines is 1. The first-order chi connectivity index (χ1) is 12.3. The van der Waals surface area contributed by atoms with Crippen molar-refractivity contribution < 1.29 is 4.79 Å². The molecule has 0 unspecified atom stereocenters. The maximum atomic E-state index is 12.9. The predicted octanol–water partition coefficient (Wildman–Crippen LogP) is 4.89. The van der Waals surface area contributed by atoms with Crippen molar-refractivity contribution in [1.82, 2.24) is 4.98 Å². The molecule has 1 aliphatic carbocycles. The summed E-state index contributed by atoms with van der Waals surface area (Å²) in [7, 11) is 0. The van der Waals surface area contributed by atoms with Gasteiger partial charge in [0.05, 0.1) is 10.7 Å². The first kappa shape index (κ1) is 14.8. The van der Waals surface area contributed by atoms with Gasteiger partial charge in [-0.25, -0.2) is 4.98 Å². The quantitative estimate of drug-likeness (QED) is 0.676. The van der Waals surface area contributed by atoms with Gasteiger partial charge in [-0.1, -0.05) is 30.3 Å². The number of benzene rings is 2. The van der Waals surface area contributed by atoms with Crippen LogP contribution in [0.1, 0.15) is 39.7 Å². The number of thiazole rings is 1. The second-order valence-electron chi connectivity index (χ2n) is 6.76. The van der Waals surface area contributed by atoms with E-state index < -0.39 is 0 Å². The molecule has 5 rings (SSSR count). The van der Waals surface area contributed by atoms with Crippen molar-refractivity contribution in [2.24, 2.45) is 0 Å². The molecule has 4 heteroatoms. The van der Waals surface area contributed by atoms with Gasteiger partial charge >= 0.3 is 0 Å². The molecule has 1 aromatic heterocycles. The van der Waals surface area contributed by atoms with Gasteiger partial charge in [-0.2, -0.15) is 0 Å². The smallest absolute Gasteiger partial charge is 0.258 e. The van der Waals surface area contributed by atoms with E-state index in [1.54, 1.807) is 11.3 Å². The number of rotatable bonds is 3. The molecule has 2 aliphatic rings.